The molecule has 2 aromatic carbocycles. The number of benzene rings is 2. The van der Waals surface area contributed by atoms with Gasteiger partial charge in [0.15, 0.2) is 0 Å². The second kappa shape index (κ2) is 6.13. The Morgan fingerprint density at radius 1 is 1.14 bits per heavy atom. The lowest BCUT2D eigenvalue weighted by molar-refractivity contribution is 0.411. The van der Waals surface area contributed by atoms with Crippen molar-refractivity contribution in [2.24, 2.45) is 0 Å². The topological polar surface area (TPSA) is 55.4 Å². The molecule has 0 unspecified atom stereocenters. The van der Waals surface area contributed by atoms with Crippen molar-refractivity contribution in [2.45, 2.75) is 11.8 Å². The molecule has 0 bridgehead atoms. The van der Waals surface area contributed by atoms with E-state index in [1.54, 1.807) is 31.2 Å². The Morgan fingerprint density at radius 2 is 1.86 bits per heavy atom. The zero-order valence-electron chi connectivity index (χ0n) is 11.4. The Bertz CT molecular complexity index is 776. The van der Waals surface area contributed by atoms with Crippen molar-refractivity contribution in [3.8, 4) is 5.75 Å². The standard InChI is InChI=1S/C14H13Cl2NO3S/c1-9-8-10(6-7-13(9)20-2)21(18,19)17-12-5-3-4-11(15)14(12)16/h3-8,17H,1-2H3. The van der Waals surface area contributed by atoms with Crippen molar-refractivity contribution in [3.63, 3.8) is 0 Å². The fourth-order valence-electron chi connectivity index (χ4n) is 1.80. The number of rotatable bonds is 4. The zero-order chi connectivity index (χ0) is 15.6. The van der Waals surface area contributed by atoms with Gasteiger partial charge in [-0.15, -0.1) is 0 Å². The highest BCUT2D eigenvalue weighted by molar-refractivity contribution is 7.92. The summed E-state index contributed by atoms with van der Waals surface area (Å²) in [7, 11) is -2.22. The van der Waals surface area contributed by atoms with E-state index in [1.165, 1.54) is 19.2 Å². The molecule has 0 aliphatic rings. The van der Waals surface area contributed by atoms with Crippen molar-refractivity contribution < 1.29 is 13.2 Å². The van der Waals surface area contributed by atoms with Crippen molar-refractivity contribution >= 4 is 38.9 Å². The summed E-state index contributed by atoms with van der Waals surface area (Å²) in [6, 6.07) is 9.34. The van der Waals surface area contributed by atoms with Gasteiger partial charge in [-0.3, -0.25) is 4.72 Å². The number of sulfonamides is 1. The summed E-state index contributed by atoms with van der Waals surface area (Å²) in [5.74, 6) is 0.620. The van der Waals surface area contributed by atoms with Crippen molar-refractivity contribution in [1.29, 1.82) is 0 Å². The molecule has 0 aliphatic heterocycles. The van der Waals surface area contributed by atoms with Crippen LogP contribution < -0.4 is 9.46 Å². The van der Waals surface area contributed by atoms with Gasteiger partial charge in [0.1, 0.15) is 5.75 Å². The highest BCUT2D eigenvalue weighted by Gasteiger charge is 2.17. The van der Waals surface area contributed by atoms with Gasteiger partial charge in [0.05, 0.1) is 27.7 Å². The van der Waals surface area contributed by atoms with Crippen molar-refractivity contribution in [3.05, 3.63) is 52.0 Å². The molecule has 2 rings (SSSR count). The largest absolute Gasteiger partial charge is 0.496 e. The summed E-state index contributed by atoms with van der Waals surface area (Å²) in [6.07, 6.45) is 0. The van der Waals surface area contributed by atoms with Gasteiger partial charge in [0, 0.05) is 0 Å². The van der Waals surface area contributed by atoms with Gasteiger partial charge in [0.25, 0.3) is 10.0 Å². The van der Waals surface area contributed by atoms with Crippen LogP contribution in [0.1, 0.15) is 5.56 Å². The predicted molar refractivity (Wildman–Crippen MR) is 85.0 cm³/mol. The first-order chi connectivity index (χ1) is 9.85. The van der Waals surface area contributed by atoms with E-state index in [1.807, 2.05) is 0 Å². The molecule has 0 heterocycles. The maximum atomic E-state index is 12.4. The molecule has 0 radical (unpaired) electrons. The molecule has 4 nitrogen and oxygen atoms in total. The smallest absolute Gasteiger partial charge is 0.261 e. The summed E-state index contributed by atoms with van der Waals surface area (Å²) >= 11 is 11.9. The first kappa shape index (κ1) is 15.9. The van der Waals surface area contributed by atoms with E-state index in [0.717, 1.165) is 5.56 Å². The van der Waals surface area contributed by atoms with Gasteiger partial charge in [-0.05, 0) is 42.8 Å². The summed E-state index contributed by atoms with van der Waals surface area (Å²) in [6.45, 7) is 1.77. The first-order valence-corrected chi connectivity index (χ1v) is 8.20. The van der Waals surface area contributed by atoms with Gasteiger partial charge < -0.3 is 4.74 Å². The van der Waals surface area contributed by atoms with E-state index >= 15 is 0 Å². The third-order valence-corrected chi connectivity index (χ3v) is 5.05. The molecule has 0 aliphatic carbocycles. The number of aryl methyl sites for hydroxylation is 1. The average Bonchev–Trinajstić information content (AvgIpc) is 2.43. The molecule has 0 amide bonds. The van der Waals surface area contributed by atoms with E-state index in [2.05, 4.69) is 4.72 Å². The van der Waals surface area contributed by atoms with Crippen LogP contribution in [0.2, 0.25) is 10.0 Å². The first-order valence-electron chi connectivity index (χ1n) is 5.96. The summed E-state index contributed by atoms with van der Waals surface area (Å²) in [5, 5.41) is 0.441. The van der Waals surface area contributed by atoms with Crippen LogP contribution in [0, 0.1) is 6.92 Å². The van der Waals surface area contributed by atoms with E-state index in [0.29, 0.717) is 5.75 Å². The van der Waals surface area contributed by atoms with E-state index in [4.69, 9.17) is 27.9 Å². The van der Waals surface area contributed by atoms with Crippen LogP contribution in [0.4, 0.5) is 5.69 Å². The molecular weight excluding hydrogens is 333 g/mol. The van der Waals surface area contributed by atoms with Crippen molar-refractivity contribution in [1.82, 2.24) is 0 Å². The maximum Gasteiger partial charge on any atom is 0.261 e. The fourth-order valence-corrected chi connectivity index (χ4v) is 3.36. The number of anilines is 1. The Labute approximate surface area is 133 Å². The lowest BCUT2D eigenvalue weighted by Crippen LogP contribution is -2.13. The molecular formula is C14H13Cl2NO3S. The Kier molecular flexibility index (Phi) is 4.66. The molecule has 0 aromatic heterocycles. The molecule has 2 aromatic rings. The van der Waals surface area contributed by atoms with Crippen LogP contribution in [0.15, 0.2) is 41.3 Å². The molecule has 0 saturated carbocycles. The van der Waals surface area contributed by atoms with Crippen LogP contribution in [0.3, 0.4) is 0 Å². The van der Waals surface area contributed by atoms with E-state index in [9.17, 15) is 8.42 Å². The molecule has 1 N–H and O–H groups in total. The molecule has 7 heteroatoms. The minimum atomic E-state index is -3.75. The lowest BCUT2D eigenvalue weighted by atomic mass is 10.2. The number of methoxy groups -OCH3 is 1. The van der Waals surface area contributed by atoms with Gasteiger partial charge in [-0.2, -0.15) is 0 Å². The van der Waals surface area contributed by atoms with Crippen LogP contribution in [-0.2, 0) is 10.0 Å². The number of ether oxygens (including phenoxy) is 1. The summed E-state index contributed by atoms with van der Waals surface area (Å²) in [4.78, 5) is 0.122. The summed E-state index contributed by atoms with van der Waals surface area (Å²) in [5.41, 5.74) is 0.954. The number of hydrogen-bond donors (Lipinski definition) is 1. The Balaban J connectivity index is 2.39. The molecule has 0 spiro atoms. The van der Waals surface area contributed by atoms with Crippen LogP contribution >= 0.6 is 23.2 Å². The Morgan fingerprint density at radius 3 is 2.48 bits per heavy atom. The lowest BCUT2D eigenvalue weighted by Gasteiger charge is -2.12. The minimum absolute atomic E-state index is 0.122. The zero-order valence-corrected chi connectivity index (χ0v) is 13.7. The Hall–Kier alpha value is -1.43. The number of nitrogens with one attached hydrogen (secondary N) is 1. The molecule has 112 valence electrons. The van der Waals surface area contributed by atoms with Gasteiger partial charge in [-0.1, -0.05) is 29.3 Å². The second-order valence-electron chi connectivity index (χ2n) is 4.34. The second-order valence-corrected chi connectivity index (χ2v) is 6.81. The average molecular weight is 346 g/mol. The number of halogens is 2. The highest BCUT2D eigenvalue weighted by Crippen LogP contribution is 2.31. The molecule has 0 atom stereocenters. The molecule has 0 fully saturated rings. The van der Waals surface area contributed by atoms with Crippen LogP contribution in [-0.4, -0.2) is 15.5 Å². The molecule has 21 heavy (non-hydrogen) atoms. The SMILES string of the molecule is COc1ccc(S(=O)(=O)Nc2cccc(Cl)c2Cl)cc1C. The summed E-state index contributed by atoms with van der Waals surface area (Å²) < 4.78 is 32.3. The normalized spacial score (nSPS) is 11.2. The fraction of sp³-hybridized carbons (Fsp3) is 0.143. The molecule has 0 saturated heterocycles. The van der Waals surface area contributed by atoms with Crippen LogP contribution in [0.5, 0.6) is 5.75 Å². The van der Waals surface area contributed by atoms with E-state index < -0.39 is 10.0 Å². The number of hydrogen-bond acceptors (Lipinski definition) is 3. The highest BCUT2D eigenvalue weighted by atomic mass is 35.5. The third kappa shape index (κ3) is 3.43. The maximum absolute atomic E-state index is 12.4. The van der Waals surface area contributed by atoms with Gasteiger partial charge in [0.2, 0.25) is 0 Å². The minimum Gasteiger partial charge on any atom is -0.496 e. The van der Waals surface area contributed by atoms with Crippen molar-refractivity contribution in [2.75, 3.05) is 11.8 Å². The third-order valence-electron chi connectivity index (χ3n) is 2.87. The van der Waals surface area contributed by atoms with E-state index in [-0.39, 0.29) is 20.6 Å². The van der Waals surface area contributed by atoms with Crippen LogP contribution in [0.25, 0.3) is 0 Å². The predicted octanol–water partition coefficient (Wildman–Crippen LogP) is 4.11. The quantitative estimate of drug-likeness (QED) is 0.906. The van der Waals surface area contributed by atoms with Gasteiger partial charge in [-0.25, -0.2) is 8.42 Å². The van der Waals surface area contributed by atoms with Gasteiger partial charge >= 0.3 is 0 Å². The monoisotopic (exact) mass is 345 g/mol.